The van der Waals surface area contributed by atoms with E-state index in [1.807, 2.05) is 27.0 Å². The molecule has 0 aliphatic carbocycles. The van der Waals surface area contributed by atoms with Crippen molar-refractivity contribution in [2.75, 3.05) is 6.26 Å². The summed E-state index contributed by atoms with van der Waals surface area (Å²) in [6, 6.07) is 0. The van der Waals surface area contributed by atoms with Crippen LogP contribution in [0.15, 0.2) is 13.5 Å². The Labute approximate surface area is 144 Å². The predicted molar refractivity (Wildman–Crippen MR) is 95.7 cm³/mol. The van der Waals surface area contributed by atoms with Crippen molar-refractivity contribution in [2.24, 2.45) is 0 Å². The number of aromatic nitrogens is 4. The largest absolute Gasteiger partial charge is 0.309 e. The Morgan fingerprint density at radius 3 is 2.59 bits per heavy atom. The van der Waals surface area contributed by atoms with E-state index in [0.29, 0.717) is 11.2 Å². The van der Waals surface area contributed by atoms with Gasteiger partial charge >= 0.3 is 0 Å². The number of thioether (sulfide) groups is 2. The van der Waals surface area contributed by atoms with Crippen molar-refractivity contribution < 1.29 is 0 Å². The zero-order valence-electron chi connectivity index (χ0n) is 12.5. The summed E-state index contributed by atoms with van der Waals surface area (Å²) < 4.78 is 1.83. The molecule has 22 heavy (non-hydrogen) atoms. The summed E-state index contributed by atoms with van der Waals surface area (Å²) >= 11 is 6.27. The lowest BCUT2D eigenvalue weighted by Crippen LogP contribution is -2.12. The lowest BCUT2D eigenvalue weighted by atomic mass is 10.2. The van der Waals surface area contributed by atoms with Gasteiger partial charge in [0.2, 0.25) is 0 Å². The highest BCUT2D eigenvalue weighted by atomic mass is 32.2. The van der Waals surface area contributed by atoms with Crippen molar-refractivity contribution in [1.29, 1.82) is 0 Å². The number of rotatable bonds is 4. The van der Waals surface area contributed by atoms with E-state index in [2.05, 4.69) is 20.2 Å². The van der Waals surface area contributed by atoms with E-state index in [4.69, 9.17) is 0 Å². The molecule has 3 aromatic rings. The second kappa shape index (κ2) is 6.31. The minimum absolute atomic E-state index is 0.0162. The summed E-state index contributed by atoms with van der Waals surface area (Å²) in [4.78, 5) is 21.8. The smallest absolute Gasteiger partial charge is 0.259 e. The molecular weight excluding hydrogens is 356 g/mol. The molecule has 116 valence electrons. The molecular formula is C13H14N4OS4. The fourth-order valence-corrected chi connectivity index (χ4v) is 5.67. The van der Waals surface area contributed by atoms with Crippen LogP contribution >= 0.6 is 46.2 Å². The number of thiophene rings is 1. The molecule has 0 amide bonds. The minimum atomic E-state index is -0.0589. The first-order valence-electron chi connectivity index (χ1n) is 6.53. The van der Waals surface area contributed by atoms with E-state index >= 15 is 0 Å². The van der Waals surface area contributed by atoms with Crippen LogP contribution in [0.5, 0.6) is 0 Å². The third kappa shape index (κ3) is 2.94. The summed E-state index contributed by atoms with van der Waals surface area (Å²) in [5.41, 5.74) is 0.964. The predicted octanol–water partition coefficient (Wildman–Crippen LogP) is 4.03. The lowest BCUT2D eigenvalue weighted by Gasteiger charge is -2.07. The number of aromatic amines is 1. The number of nitrogens with zero attached hydrogens (tertiary/aromatic N) is 3. The fourth-order valence-electron chi connectivity index (χ4n) is 2.00. The molecule has 9 heteroatoms. The molecule has 0 unspecified atom stereocenters. The number of hydrogen-bond acceptors (Lipinski definition) is 8. The molecule has 0 aliphatic heterocycles. The second-order valence-corrected chi connectivity index (χ2v) is 9.53. The number of H-pyrrole nitrogens is 1. The highest BCUT2D eigenvalue weighted by molar-refractivity contribution is 8.03. The first-order chi connectivity index (χ1) is 10.5. The standard InChI is InChI=1S/C13H14N4OS4/c1-5-6(2)20-11-8(5)10(18)14-9(15-11)7(3)21-13-17-16-12(19-4)22-13/h7H,1-4H3,(H,14,15,18)/t7-/m0/s1. The number of nitrogens with one attached hydrogen (secondary N) is 1. The highest BCUT2D eigenvalue weighted by Gasteiger charge is 2.17. The Hall–Kier alpha value is -0.900. The van der Waals surface area contributed by atoms with Gasteiger partial charge in [-0.2, -0.15) is 0 Å². The third-order valence-corrected chi connectivity index (χ3v) is 7.48. The molecule has 0 bridgehead atoms. The molecule has 0 aromatic carbocycles. The molecule has 0 saturated carbocycles. The van der Waals surface area contributed by atoms with Crippen LogP contribution < -0.4 is 5.56 Å². The van der Waals surface area contributed by atoms with Crippen LogP contribution in [0.4, 0.5) is 0 Å². The van der Waals surface area contributed by atoms with E-state index in [1.54, 1.807) is 46.2 Å². The molecule has 0 radical (unpaired) electrons. The quantitative estimate of drug-likeness (QED) is 0.699. The first kappa shape index (κ1) is 16.0. The van der Waals surface area contributed by atoms with E-state index < -0.39 is 0 Å². The van der Waals surface area contributed by atoms with Gasteiger partial charge in [0.1, 0.15) is 10.7 Å². The molecule has 1 N–H and O–H groups in total. The zero-order chi connectivity index (χ0) is 15.9. The first-order valence-corrected chi connectivity index (χ1v) is 10.3. The van der Waals surface area contributed by atoms with Crippen LogP contribution in [0.1, 0.15) is 28.4 Å². The second-order valence-electron chi connectivity index (χ2n) is 4.71. The van der Waals surface area contributed by atoms with Gasteiger partial charge < -0.3 is 4.98 Å². The maximum absolute atomic E-state index is 12.3. The Kier molecular flexibility index (Phi) is 4.58. The van der Waals surface area contributed by atoms with Crippen molar-refractivity contribution in [3.05, 3.63) is 26.6 Å². The van der Waals surface area contributed by atoms with Gasteiger partial charge in [-0.3, -0.25) is 4.79 Å². The van der Waals surface area contributed by atoms with Crippen LogP contribution in [-0.4, -0.2) is 26.4 Å². The van der Waals surface area contributed by atoms with Crippen LogP contribution in [0.2, 0.25) is 0 Å². The van der Waals surface area contributed by atoms with Gasteiger partial charge in [0.15, 0.2) is 8.68 Å². The van der Waals surface area contributed by atoms with Crippen LogP contribution in [0.3, 0.4) is 0 Å². The fraction of sp³-hybridized carbons (Fsp3) is 0.385. The average Bonchev–Trinajstić information content (AvgIpc) is 3.04. The van der Waals surface area contributed by atoms with Crippen molar-refractivity contribution in [3.63, 3.8) is 0 Å². The van der Waals surface area contributed by atoms with Gasteiger partial charge in [-0.1, -0.05) is 34.9 Å². The van der Waals surface area contributed by atoms with Gasteiger partial charge in [0.05, 0.1) is 10.6 Å². The molecule has 0 saturated heterocycles. The van der Waals surface area contributed by atoms with E-state index in [-0.39, 0.29) is 10.8 Å². The Morgan fingerprint density at radius 2 is 1.91 bits per heavy atom. The van der Waals surface area contributed by atoms with Crippen molar-refractivity contribution in [1.82, 2.24) is 20.2 Å². The summed E-state index contributed by atoms with van der Waals surface area (Å²) in [5, 5.41) is 8.96. The lowest BCUT2D eigenvalue weighted by molar-refractivity contribution is 0.912. The van der Waals surface area contributed by atoms with Gasteiger partial charge in [0, 0.05) is 4.88 Å². The third-order valence-electron chi connectivity index (χ3n) is 3.28. The molecule has 5 nitrogen and oxygen atoms in total. The maximum Gasteiger partial charge on any atom is 0.259 e. The van der Waals surface area contributed by atoms with Crippen LogP contribution in [0, 0.1) is 13.8 Å². The Bertz CT molecular complexity index is 882. The number of fused-ring (bicyclic) bond motifs is 1. The van der Waals surface area contributed by atoms with Crippen molar-refractivity contribution >= 4 is 56.4 Å². The van der Waals surface area contributed by atoms with Crippen molar-refractivity contribution in [2.45, 2.75) is 34.7 Å². The molecule has 0 aliphatic rings. The zero-order valence-corrected chi connectivity index (χ0v) is 15.7. The van der Waals surface area contributed by atoms with Crippen molar-refractivity contribution in [3.8, 4) is 0 Å². The molecule has 3 heterocycles. The van der Waals surface area contributed by atoms with Gasteiger partial charge in [-0.05, 0) is 32.6 Å². The molecule has 0 spiro atoms. The Morgan fingerprint density at radius 1 is 1.18 bits per heavy atom. The average molecular weight is 371 g/mol. The van der Waals surface area contributed by atoms with Gasteiger partial charge in [-0.15, -0.1) is 21.5 Å². The molecule has 1 atom stereocenters. The van der Waals surface area contributed by atoms with Crippen LogP contribution in [0.25, 0.3) is 10.2 Å². The maximum atomic E-state index is 12.3. The monoisotopic (exact) mass is 370 g/mol. The minimum Gasteiger partial charge on any atom is -0.309 e. The van der Waals surface area contributed by atoms with Gasteiger partial charge in [0.25, 0.3) is 5.56 Å². The molecule has 3 rings (SSSR count). The summed E-state index contributed by atoms with van der Waals surface area (Å²) in [7, 11) is 0. The van der Waals surface area contributed by atoms with E-state index in [1.165, 1.54) is 0 Å². The SMILES string of the molecule is CSc1nnc(S[C@@H](C)c2nc3sc(C)c(C)c3c(=O)[nH]2)s1. The number of aryl methyl sites for hydroxylation is 2. The molecule has 0 fully saturated rings. The van der Waals surface area contributed by atoms with E-state index in [9.17, 15) is 4.79 Å². The summed E-state index contributed by atoms with van der Waals surface area (Å²) in [6.07, 6.45) is 1.98. The Balaban J connectivity index is 1.93. The molecule has 3 aromatic heterocycles. The summed E-state index contributed by atoms with van der Waals surface area (Å²) in [5.74, 6) is 0.685. The van der Waals surface area contributed by atoms with Gasteiger partial charge in [-0.25, -0.2) is 4.98 Å². The highest BCUT2D eigenvalue weighted by Crippen LogP contribution is 2.37. The van der Waals surface area contributed by atoms with E-state index in [0.717, 1.165) is 24.0 Å². The number of hydrogen-bond donors (Lipinski definition) is 1. The topological polar surface area (TPSA) is 71.5 Å². The van der Waals surface area contributed by atoms with Crippen LogP contribution in [-0.2, 0) is 0 Å². The summed E-state index contributed by atoms with van der Waals surface area (Å²) in [6.45, 7) is 6.00. The normalized spacial score (nSPS) is 12.9.